The van der Waals surface area contributed by atoms with Crippen LogP contribution in [-0.4, -0.2) is 34.0 Å². The first-order valence-electron chi connectivity index (χ1n) is 8.59. The lowest BCUT2D eigenvalue weighted by Gasteiger charge is -2.31. The van der Waals surface area contributed by atoms with Gasteiger partial charge in [0.15, 0.2) is 5.82 Å². The standard InChI is InChI=1S/C17H27N3O2/c1-17(2,3)16-18-14(22-19-16)12-8-4-5-9-13(12)15(21)20-10-6-7-11-20/h12-13H,4-11H2,1-3H3/t12-,13-/m1/s1. The largest absolute Gasteiger partial charge is 0.342 e. The molecule has 1 saturated heterocycles. The summed E-state index contributed by atoms with van der Waals surface area (Å²) in [4.78, 5) is 19.5. The number of amides is 1. The van der Waals surface area contributed by atoms with Crippen molar-refractivity contribution in [3.8, 4) is 0 Å². The van der Waals surface area contributed by atoms with Gasteiger partial charge in [0.25, 0.3) is 0 Å². The smallest absolute Gasteiger partial charge is 0.230 e. The minimum absolute atomic E-state index is 0.0279. The van der Waals surface area contributed by atoms with Crippen LogP contribution in [-0.2, 0) is 10.2 Å². The van der Waals surface area contributed by atoms with Gasteiger partial charge in [0.2, 0.25) is 11.8 Å². The van der Waals surface area contributed by atoms with E-state index in [1.165, 1.54) is 0 Å². The Labute approximate surface area is 132 Å². The normalized spacial score (nSPS) is 26.4. The second-order valence-electron chi connectivity index (χ2n) is 7.74. The fourth-order valence-electron chi connectivity index (χ4n) is 3.58. The minimum atomic E-state index is -0.120. The van der Waals surface area contributed by atoms with Crippen molar-refractivity contribution in [2.75, 3.05) is 13.1 Å². The van der Waals surface area contributed by atoms with Crippen molar-refractivity contribution in [3.05, 3.63) is 11.7 Å². The van der Waals surface area contributed by atoms with Crippen LogP contribution in [0.25, 0.3) is 0 Å². The van der Waals surface area contributed by atoms with Crippen LogP contribution < -0.4 is 0 Å². The fraction of sp³-hybridized carbons (Fsp3) is 0.824. The Kier molecular flexibility index (Phi) is 4.24. The second kappa shape index (κ2) is 6.01. The molecule has 1 saturated carbocycles. The summed E-state index contributed by atoms with van der Waals surface area (Å²) in [7, 11) is 0. The first kappa shape index (κ1) is 15.5. The molecule has 5 nitrogen and oxygen atoms in total. The first-order chi connectivity index (χ1) is 10.5. The van der Waals surface area contributed by atoms with Crippen LogP contribution in [0, 0.1) is 5.92 Å². The van der Waals surface area contributed by atoms with E-state index in [-0.39, 0.29) is 17.3 Å². The van der Waals surface area contributed by atoms with Gasteiger partial charge in [-0.25, -0.2) is 0 Å². The molecule has 0 bridgehead atoms. The van der Waals surface area contributed by atoms with Crippen LogP contribution in [0.4, 0.5) is 0 Å². The summed E-state index contributed by atoms with van der Waals surface area (Å²) in [6.07, 6.45) is 6.47. The molecular weight excluding hydrogens is 278 g/mol. The van der Waals surface area contributed by atoms with Crippen molar-refractivity contribution in [3.63, 3.8) is 0 Å². The van der Waals surface area contributed by atoms with Crippen LogP contribution >= 0.6 is 0 Å². The number of carbonyl (C=O) groups excluding carboxylic acids is 1. The molecule has 1 aromatic rings. The zero-order chi connectivity index (χ0) is 15.7. The molecule has 0 aromatic carbocycles. The van der Waals surface area contributed by atoms with Gasteiger partial charge in [-0.2, -0.15) is 4.98 Å². The van der Waals surface area contributed by atoms with E-state index in [9.17, 15) is 4.79 Å². The minimum Gasteiger partial charge on any atom is -0.342 e. The Morgan fingerprint density at radius 2 is 1.82 bits per heavy atom. The average Bonchev–Trinajstić information content (AvgIpc) is 3.17. The van der Waals surface area contributed by atoms with Gasteiger partial charge in [-0.1, -0.05) is 38.8 Å². The number of likely N-dealkylation sites (tertiary alicyclic amines) is 1. The molecule has 1 aromatic heterocycles. The number of hydrogen-bond donors (Lipinski definition) is 0. The first-order valence-corrected chi connectivity index (χ1v) is 8.59. The molecule has 0 spiro atoms. The number of hydrogen-bond acceptors (Lipinski definition) is 4. The highest BCUT2D eigenvalue weighted by atomic mass is 16.5. The van der Waals surface area contributed by atoms with Crippen molar-refractivity contribution in [1.29, 1.82) is 0 Å². The fourth-order valence-corrected chi connectivity index (χ4v) is 3.58. The molecular formula is C17H27N3O2. The molecule has 1 aliphatic carbocycles. The number of rotatable bonds is 2. The maximum Gasteiger partial charge on any atom is 0.230 e. The van der Waals surface area contributed by atoms with Crippen molar-refractivity contribution in [2.45, 2.75) is 70.6 Å². The van der Waals surface area contributed by atoms with Crippen molar-refractivity contribution in [2.24, 2.45) is 5.92 Å². The van der Waals surface area contributed by atoms with Crippen LogP contribution in [0.3, 0.4) is 0 Å². The Bertz CT molecular complexity index is 526. The van der Waals surface area contributed by atoms with Crippen molar-refractivity contribution in [1.82, 2.24) is 15.0 Å². The predicted octanol–water partition coefficient (Wildman–Crippen LogP) is 3.26. The Morgan fingerprint density at radius 3 is 2.45 bits per heavy atom. The van der Waals surface area contributed by atoms with Gasteiger partial charge in [0.1, 0.15) is 0 Å². The summed E-state index contributed by atoms with van der Waals surface area (Å²) in [6.45, 7) is 8.07. The molecule has 0 unspecified atom stereocenters. The van der Waals surface area contributed by atoms with Crippen LogP contribution in [0.5, 0.6) is 0 Å². The molecule has 0 radical (unpaired) electrons. The molecule has 3 rings (SSSR count). The highest BCUT2D eigenvalue weighted by Gasteiger charge is 2.38. The Balaban J connectivity index is 1.80. The lowest BCUT2D eigenvalue weighted by atomic mass is 9.78. The van der Waals surface area contributed by atoms with E-state index in [1.54, 1.807) is 0 Å². The lowest BCUT2D eigenvalue weighted by Crippen LogP contribution is -2.38. The Hall–Kier alpha value is -1.39. The molecule has 0 N–H and O–H groups in total. The molecule has 2 atom stereocenters. The average molecular weight is 305 g/mol. The van der Waals surface area contributed by atoms with E-state index in [0.717, 1.165) is 57.4 Å². The summed E-state index contributed by atoms with van der Waals surface area (Å²) < 4.78 is 5.54. The highest BCUT2D eigenvalue weighted by molar-refractivity contribution is 5.80. The monoisotopic (exact) mass is 305 g/mol. The summed E-state index contributed by atoms with van der Waals surface area (Å²) in [6, 6.07) is 0. The zero-order valence-electron chi connectivity index (χ0n) is 14.0. The lowest BCUT2D eigenvalue weighted by molar-refractivity contribution is -0.136. The van der Waals surface area contributed by atoms with E-state index in [0.29, 0.717) is 11.8 Å². The zero-order valence-corrected chi connectivity index (χ0v) is 14.0. The van der Waals surface area contributed by atoms with E-state index < -0.39 is 0 Å². The summed E-state index contributed by atoms with van der Waals surface area (Å²) in [5.41, 5.74) is -0.120. The van der Waals surface area contributed by atoms with Crippen LogP contribution in [0.15, 0.2) is 4.52 Å². The third-order valence-electron chi connectivity index (χ3n) is 4.93. The van der Waals surface area contributed by atoms with Crippen LogP contribution in [0.1, 0.15) is 76.9 Å². The second-order valence-corrected chi connectivity index (χ2v) is 7.74. The summed E-state index contributed by atoms with van der Waals surface area (Å²) >= 11 is 0. The third kappa shape index (κ3) is 3.03. The van der Waals surface area contributed by atoms with E-state index in [2.05, 4.69) is 30.9 Å². The molecule has 122 valence electrons. The molecule has 1 aliphatic heterocycles. The third-order valence-corrected chi connectivity index (χ3v) is 4.93. The molecule has 1 amide bonds. The van der Waals surface area contributed by atoms with E-state index >= 15 is 0 Å². The molecule has 5 heteroatoms. The van der Waals surface area contributed by atoms with Crippen molar-refractivity contribution < 1.29 is 9.32 Å². The topological polar surface area (TPSA) is 59.2 Å². The van der Waals surface area contributed by atoms with E-state index in [4.69, 9.17) is 4.52 Å². The summed E-state index contributed by atoms with van der Waals surface area (Å²) in [5, 5.41) is 4.14. The maximum atomic E-state index is 12.8. The number of aromatic nitrogens is 2. The van der Waals surface area contributed by atoms with Gasteiger partial charge in [-0.05, 0) is 25.7 Å². The van der Waals surface area contributed by atoms with Crippen molar-refractivity contribution >= 4 is 5.91 Å². The Morgan fingerprint density at radius 1 is 1.14 bits per heavy atom. The van der Waals surface area contributed by atoms with Gasteiger partial charge < -0.3 is 9.42 Å². The molecule has 22 heavy (non-hydrogen) atoms. The van der Waals surface area contributed by atoms with Gasteiger partial charge in [0, 0.05) is 24.4 Å². The van der Waals surface area contributed by atoms with Gasteiger partial charge in [0.05, 0.1) is 5.92 Å². The maximum absolute atomic E-state index is 12.8. The number of nitrogens with zero attached hydrogens (tertiary/aromatic N) is 3. The molecule has 2 fully saturated rings. The van der Waals surface area contributed by atoms with Crippen LogP contribution in [0.2, 0.25) is 0 Å². The molecule has 2 aliphatic rings. The number of carbonyl (C=O) groups is 1. The SMILES string of the molecule is CC(C)(C)c1noc([C@@H]2CCCC[C@H]2C(=O)N2CCCC2)n1. The van der Waals surface area contributed by atoms with Gasteiger partial charge >= 0.3 is 0 Å². The quantitative estimate of drug-likeness (QED) is 0.841. The summed E-state index contributed by atoms with van der Waals surface area (Å²) in [5.74, 6) is 1.84. The van der Waals surface area contributed by atoms with E-state index in [1.807, 2.05) is 4.90 Å². The predicted molar refractivity (Wildman–Crippen MR) is 83.5 cm³/mol. The highest BCUT2D eigenvalue weighted by Crippen LogP contribution is 2.39. The molecule has 2 heterocycles. The van der Waals surface area contributed by atoms with Gasteiger partial charge in [-0.15, -0.1) is 0 Å². The van der Waals surface area contributed by atoms with Gasteiger partial charge in [-0.3, -0.25) is 4.79 Å².